The van der Waals surface area contributed by atoms with E-state index in [0.717, 1.165) is 5.56 Å². The van der Waals surface area contributed by atoms with Gasteiger partial charge in [0.15, 0.2) is 0 Å². The molecule has 6 heteroatoms. The molecule has 2 aromatic rings. The zero-order chi connectivity index (χ0) is 17.6. The van der Waals surface area contributed by atoms with Crippen LogP contribution in [-0.4, -0.2) is 40.5 Å². The van der Waals surface area contributed by atoms with Gasteiger partial charge in [-0.3, -0.25) is 9.59 Å². The molecule has 1 heterocycles. The predicted molar refractivity (Wildman–Crippen MR) is 94.8 cm³/mol. The molecule has 2 N–H and O–H groups in total. The number of hydrogen-bond donors (Lipinski definition) is 2. The number of carbonyl (C=O) groups excluding carboxylic acids is 2. The summed E-state index contributed by atoms with van der Waals surface area (Å²) in [5, 5.41) is 14.5. The Balaban J connectivity index is 1.99. The molecule has 128 valence electrons. The molecule has 0 unspecified atom stereocenters. The second-order valence-electron chi connectivity index (χ2n) is 6.21. The molecular weight excluding hydrogens is 324 g/mol. The quantitative estimate of drug-likeness (QED) is 0.808. The first-order chi connectivity index (χ1) is 11.3. The van der Waals surface area contributed by atoms with Crippen molar-refractivity contribution in [2.75, 3.05) is 13.1 Å². The first kappa shape index (κ1) is 18.2. The number of hydrogen-bond acceptors (Lipinski definition) is 4. The van der Waals surface area contributed by atoms with Gasteiger partial charge in [-0.15, -0.1) is 11.3 Å². The van der Waals surface area contributed by atoms with Gasteiger partial charge in [0.05, 0.1) is 17.0 Å². The summed E-state index contributed by atoms with van der Waals surface area (Å²) in [5.41, 5.74) is -0.0398. The Kier molecular flexibility index (Phi) is 6.11. The molecule has 5 nitrogen and oxygen atoms in total. The lowest BCUT2D eigenvalue weighted by Crippen LogP contribution is -2.45. The van der Waals surface area contributed by atoms with Crippen LogP contribution < -0.4 is 5.32 Å². The molecule has 0 spiro atoms. The van der Waals surface area contributed by atoms with Crippen LogP contribution in [0.25, 0.3) is 0 Å². The van der Waals surface area contributed by atoms with Crippen molar-refractivity contribution >= 4 is 23.2 Å². The van der Waals surface area contributed by atoms with E-state index in [1.54, 1.807) is 30.9 Å². The molecule has 2 rings (SSSR count). The van der Waals surface area contributed by atoms with Crippen molar-refractivity contribution in [3.63, 3.8) is 0 Å². The molecule has 0 bridgehead atoms. The summed E-state index contributed by atoms with van der Waals surface area (Å²) in [5.74, 6) is -0.493. The highest BCUT2D eigenvalue weighted by Crippen LogP contribution is 2.11. The Morgan fingerprint density at radius 2 is 1.88 bits per heavy atom. The van der Waals surface area contributed by atoms with Gasteiger partial charge in [0.2, 0.25) is 5.91 Å². The molecule has 1 aromatic carbocycles. The fourth-order valence-electron chi connectivity index (χ4n) is 2.27. The lowest BCUT2D eigenvalue weighted by Gasteiger charge is -2.29. The zero-order valence-electron chi connectivity index (χ0n) is 13.9. The van der Waals surface area contributed by atoms with E-state index in [4.69, 9.17) is 0 Å². The number of nitrogens with one attached hydrogen (secondary N) is 1. The average molecular weight is 346 g/mol. The van der Waals surface area contributed by atoms with Crippen LogP contribution >= 0.6 is 11.3 Å². The van der Waals surface area contributed by atoms with Crippen molar-refractivity contribution < 1.29 is 14.7 Å². The molecule has 0 fully saturated rings. The van der Waals surface area contributed by atoms with Crippen LogP contribution in [-0.2, 0) is 11.3 Å². The number of nitrogens with zero attached hydrogens (tertiary/aromatic N) is 1. The van der Waals surface area contributed by atoms with E-state index in [1.165, 1.54) is 11.3 Å². The van der Waals surface area contributed by atoms with E-state index in [0.29, 0.717) is 11.4 Å². The predicted octanol–water partition coefficient (Wildman–Crippen LogP) is 2.28. The number of amides is 2. The Morgan fingerprint density at radius 3 is 2.46 bits per heavy atom. The second kappa shape index (κ2) is 8.08. The van der Waals surface area contributed by atoms with Crippen LogP contribution in [0.4, 0.5) is 0 Å². The zero-order valence-corrected chi connectivity index (χ0v) is 14.7. The van der Waals surface area contributed by atoms with E-state index in [1.807, 2.05) is 35.7 Å². The van der Waals surface area contributed by atoms with Crippen molar-refractivity contribution in [3.8, 4) is 0 Å². The van der Waals surface area contributed by atoms with Crippen LogP contribution in [0, 0.1) is 0 Å². The number of rotatable bonds is 7. The fraction of sp³-hybridized carbons (Fsp3) is 0.333. The van der Waals surface area contributed by atoms with Gasteiger partial charge in [-0.05, 0) is 30.9 Å². The van der Waals surface area contributed by atoms with E-state index in [9.17, 15) is 14.7 Å². The standard InChI is InChI=1S/C18H22N2O3S/c1-18(2,23)13-20(12-14-7-4-3-5-8-14)16(21)11-19-17(22)15-9-6-10-24-15/h3-10,23H,11-13H2,1-2H3,(H,19,22). The maximum Gasteiger partial charge on any atom is 0.261 e. The first-order valence-electron chi connectivity index (χ1n) is 7.71. The third-order valence-corrected chi connectivity index (χ3v) is 4.16. The number of thiophene rings is 1. The van der Waals surface area contributed by atoms with Gasteiger partial charge in [0, 0.05) is 13.1 Å². The lowest BCUT2D eigenvalue weighted by atomic mass is 10.1. The minimum atomic E-state index is -1.01. The molecule has 1 aromatic heterocycles. The minimum absolute atomic E-state index is 0.0976. The summed E-state index contributed by atoms with van der Waals surface area (Å²) in [6, 6.07) is 13.1. The lowest BCUT2D eigenvalue weighted by molar-refractivity contribution is -0.133. The number of aliphatic hydroxyl groups is 1. The molecule has 0 aliphatic carbocycles. The smallest absolute Gasteiger partial charge is 0.261 e. The maximum atomic E-state index is 12.5. The van der Waals surface area contributed by atoms with Crippen molar-refractivity contribution in [2.24, 2.45) is 0 Å². The molecule has 0 aliphatic heterocycles. The second-order valence-corrected chi connectivity index (χ2v) is 7.16. The van der Waals surface area contributed by atoms with E-state index >= 15 is 0 Å². The van der Waals surface area contributed by atoms with Gasteiger partial charge in [-0.1, -0.05) is 36.4 Å². The first-order valence-corrected chi connectivity index (χ1v) is 8.59. The van der Waals surface area contributed by atoms with Crippen molar-refractivity contribution in [3.05, 3.63) is 58.3 Å². The summed E-state index contributed by atoms with van der Waals surface area (Å²) in [6.07, 6.45) is 0. The van der Waals surface area contributed by atoms with Gasteiger partial charge in [0.25, 0.3) is 5.91 Å². The van der Waals surface area contributed by atoms with Gasteiger partial charge in [-0.25, -0.2) is 0 Å². The van der Waals surface area contributed by atoms with Crippen LogP contribution in [0.15, 0.2) is 47.8 Å². The SMILES string of the molecule is CC(C)(O)CN(Cc1ccccc1)C(=O)CNC(=O)c1cccs1. The Hall–Kier alpha value is -2.18. The van der Waals surface area contributed by atoms with Crippen molar-refractivity contribution in [1.29, 1.82) is 0 Å². The highest BCUT2D eigenvalue weighted by atomic mass is 32.1. The molecule has 0 aliphatic rings. The van der Waals surface area contributed by atoms with E-state index in [-0.39, 0.29) is 24.9 Å². The van der Waals surface area contributed by atoms with Crippen LogP contribution in [0.1, 0.15) is 29.1 Å². The Labute approximate surface area is 145 Å². The van der Waals surface area contributed by atoms with Crippen molar-refractivity contribution in [2.45, 2.75) is 26.0 Å². The summed E-state index contributed by atoms with van der Waals surface area (Å²) < 4.78 is 0. The summed E-state index contributed by atoms with van der Waals surface area (Å²) in [4.78, 5) is 26.6. The third-order valence-electron chi connectivity index (χ3n) is 3.29. The average Bonchev–Trinajstić information content (AvgIpc) is 3.06. The highest BCUT2D eigenvalue weighted by Gasteiger charge is 2.23. The van der Waals surface area contributed by atoms with Crippen molar-refractivity contribution in [1.82, 2.24) is 10.2 Å². The largest absolute Gasteiger partial charge is 0.389 e. The fourth-order valence-corrected chi connectivity index (χ4v) is 2.91. The summed E-state index contributed by atoms with van der Waals surface area (Å²) in [7, 11) is 0. The summed E-state index contributed by atoms with van der Waals surface area (Å²) in [6.45, 7) is 3.79. The van der Waals surface area contributed by atoms with Gasteiger partial charge in [-0.2, -0.15) is 0 Å². The van der Waals surface area contributed by atoms with E-state index < -0.39 is 5.60 Å². The highest BCUT2D eigenvalue weighted by molar-refractivity contribution is 7.12. The molecule has 2 amide bonds. The van der Waals surface area contributed by atoms with Crippen LogP contribution in [0.3, 0.4) is 0 Å². The number of carbonyl (C=O) groups is 2. The molecule has 0 saturated heterocycles. The summed E-state index contributed by atoms with van der Waals surface area (Å²) >= 11 is 1.33. The normalized spacial score (nSPS) is 11.1. The third kappa shape index (κ3) is 5.79. The minimum Gasteiger partial charge on any atom is -0.389 e. The van der Waals surface area contributed by atoms with E-state index in [2.05, 4.69) is 5.32 Å². The molecule has 24 heavy (non-hydrogen) atoms. The Morgan fingerprint density at radius 1 is 1.17 bits per heavy atom. The molecule has 0 atom stereocenters. The van der Waals surface area contributed by atoms with Gasteiger partial charge in [0.1, 0.15) is 0 Å². The van der Waals surface area contributed by atoms with Crippen LogP contribution in [0.2, 0.25) is 0 Å². The topological polar surface area (TPSA) is 69.6 Å². The number of benzene rings is 1. The monoisotopic (exact) mass is 346 g/mol. The molecule has 0 saturated carbocycles. The van der Waals surface area contributed by atoms with Gasteiger partial charge >= 0.3 is 0 Å². The Bertz CT molecular complexity index is 663. The maximum absolute atomic E-state index is 12.5. The molecular formula is C18H22N2O3S. The molecule has 0 radical (unpaired) electrons. The van der Waals surface area contributed by atoms with Gasteiger partial charge < -0.3 is 15.3 Å². The van der Waals surface area contributed by atoms with Crippen LogP contribution in [0.5, 0.6) is 0 Å².